The van der Waals surface area contributed by atoms with E-state index in [2.05, 4.69) is 37.4 Å². The van der Waals surface area contributed by atoms with Gasteiger partial charge < -0.3 is 10.1 Å². The average Bonchev–Trinajstić information content (AvgIpc) is 2.89. The van der Waals surface area contributed by atoms with Crippen molar-refractivity contribution in [1.82, 2.24) is 5.32 Å². The second-order valence-corrected chi connectivity index (χ2v) is 5.52. The first kappa shape index (κ1) is 14.5. The Kier molecular flexibility index (Phi) is 5.87. The van der Waals surface area contributed by atoms with Gasteiger partial charge in [0.1, 0.15) is 0 Å². The third-order valence-electron chi connectivity index (χ3n) is 3.96. The summed E-state index contributed by atoms with van der Waals surface area (Å²) in [7, 11) is 0. The van der Waals surface area contributed by atoms with E-state index in [4.69, 9.17) is 4.74 Å². The van der Waals surface area contributed by atoms with Crippen LogP contribution in [0, 0.1) is 0 Å². The Balaban J connectivity index is 1.72. The van der Waals surface area contributed by atoms with Crippen LogP contribution in [-0.2, 0) is 17.6 Å². The third kappa shape index (κ3) is 4.32. The predicted molar refractivity (Wildman–Crippen MR) is 80.6 cm³/mol. The molecular formula is C17H27NO. The number of hydrogen-bond acceptors (Lipinski definition) is 2. The Hall–Kier alpha value is -0.860. The molecule has 0 aliphatic heterocycles. The van der Waals surface area contributed by atoms with E-state index >= 15 is 0 Å². The molecule has 1 aromatic rings. The van der Waals surface area contributed by atoms with Crippen LogP contribution in [0.1, 0.15) is 55.8 Å². The summed E-state index contributed by atoms with van der Waals surface area (Å²) in [5.74, 6) is 0. The number of hydrogen-bond donors (Lipinski definition) is 1. The summed E-state index contributed by atoms with van der Waals surface area (Å²) in [5, 5.41) is 3.54. The first-order chi connectivity index (χ1) is 9.31. The predicted octanol–water partition coefficient (Wildman–Crippen LogP) is 3.64. The van der Waals surface area contributed by atoms with Crippen molar-refractivity contribution >= 4 is 0 Å². The highest BCUT2D eigenvalue weighted by Gasteiger charge is 2.12. The van der Waals surface area contributed by atoms with E-state index in [1.165, 1.54) is 37.7 Å². The minimum atomic E-state index is 0.417. The Morgan fingerprint density at radius 2 is 2.05 bits per heavy atom. The molecule has 0 heterocycles. The minimum absolute atomic E-state index is 0.417. The van der Waals surface area contributed by atoms with Gasteiger partial charge in [-0.25, -0.2) is 0 Å². The van der Waals surface area contributed by atoms with Crippen LogP contribution in [0.3, 0.4) is 0 Å². The van der Waals surface area contributed by atoms with Crippen LogP contribution in [0.5, 0.6) is 0 Å². The summed E-state index contributed by atoms with van der Waals surface area (Å²) in [6.07, 6.45) is 6.23. The molecule has 2 nitrogen and oxygen atoms in total. The number of unbranched alkanes of at least 4 members (excludes halogenated alkanes) is 1. The van der Waals surface area contributed by atoms with Gasteiger partial charge in [-0.05, 0) is 49.3 Å². The Labute approximate surface area is 117 Å². The van der Waals surface area contributed by atoms with E-state index in [9.17, 15) is 0 Å². The summed E-state index contributed by atoms with van der Waals surface area (Å²) in [6, 6.07) is 7.39. The molecule has 0 amide bonds. The van der Waals surface area contributed by atoms with Crippen molar-refractivity contribution in [1.29, 1.82) is 0 Å². The number of nitrogens with one attached hydrogen (secondary N) is 1. The van der Waals surface area contributed by atoms with E-state index in [0.717, 1.165) is 19.8 Å². The fourth-order valence-corrected chi connectivity index (χ4v) is 2.68. The fraction of sp³-hybridized carbons (Fsp3) is 0.647. The van der Waals surface area contributed by atoms with Gasteiger partial charge in [0.05, 0.1) is 6.61 Å². The van der Waals surface area contributed by atoms with Crippen LogP contribution in [0.4, 0.5) is 0 Å². The van der Waals surface area contributed by atoms with E-state index in [1.807, 2.05) is 0 Å². The summed E-state index contributed by atoms with van der Waals surface area (Å²) in [6.45, 7) is 7.07. The van der Waals surface area contributed by atoms with Crippen molar-refractivity contribution in [2.45, 2.75) is 52.0 Å². The van der Waals surface area contributed by atoms with Crippen molar-refractivity contribution in [3.8, 4) is 0 Å². The summed E-state index contributed by atoms with van der Waals surface area (Å²) in [5.41, 5.74) is 4.53. The molecule has 2 rings (SSSR count). The lowest BCUT2D eigenvalue weighted by Crippen LogP contribution is -2.23. The van der Waals surface area contributed by atoms with Gasteiger partial charge in [0, 0.05) is 19.2 Å². The molecule has 1 N–H and O–H groups in total. The molecule has 2 heteroatoms. The number of fused-ring (bicyclic) bond motifs is 1. The first-order valence-corrected chi connectivity index (χ1v) is 7.74. The molecule has 19 heavy (non-hydrogen) atoms. The maximum Gasteiger partial charge on any atom is 0.0591 e. The number of benzene rings is 1. The highest BCUT2D eigenvalue weighted by Crippen LogP contribution is 2.25. The molecule has 0 saturated heterocycles. The van der Waals surface area contributed by atoms with Crippen LogP contribution in [0.25, 0.3) is 0 Å². The molecule has 0 fully saturated rings. The fourth-order valence-electron chi connectivity index (χ4n) is 2.68. The Morgan fingerprint density at radius 1 is 1.21 bits per heavy atom. The molecule has 106 valence electrons. The monoisotopic (exact) mass is 261 g/mol. The second kappa shape index (κ2) is 7.66. The van der Waals surface area contributed by atoms with Gasteiger partial charge in [-0.1, -0.05) is 31.5 Å². The SMILES string of the molecule is CCCCOCCNC(C)c1ccc2c(c1)CCC2. The van der Waals surface area contributed by atoms with Crippen molar-refractivity contribution < 1.29 is 4.74 Å². The van der Waals surface area contributed by atoms with E-state index < -0.39 is 0 Å². The molecule has 1 aliphatic rings. The lowest BCUT2D eigenvalue weighted by molar-refractivity contribution is 0.131. The number of rotatable bonds is 8. The van der Waals surface area contributed by atoms with Crippen LogP contribution in [0.2, 0.25) is 0 Å². The van der Waals surface area contributed by atoms with Gasteiger partial charge in [0.15, 0.2) is 0 Å². The second-order valence-electron chi connectivity index (χ2n) is 5.52. The molecule has 0 radical (unpaired) electrons. The van der Waals surface area contributed by atoms with E-state index in [1.54, 1.807) is 11.1 Å². The van der Waals surface area contributed by atoms with Gasteiger partial charge in [-0.2, -0.15) is 0 Å². The molecular weight excluding hydrogens is 234 g/mol. The first-order valence-electron chi connectivity index (χ1n) is 7.74. The molecule has 1 aromatic carbocycles. The maximum atomic E-state index is 5.57. The Bertz CT molecular complexity index is 389. The smallest absolute Gasteiger partial charge is 0.0591 e. The average molecular weight is 261 g/mol. The van der Waals surface area contributed by atoms with Crippen LogP contribution >= 0.6 is 0 Å². The minimum Gasteiger partial charge on any atom is -0.380 e. The normalized spacial score (nSPS) is 15.5. The largest absolute Gasteiger partial charge is 0.380 e. The lowest BCUT2D eigenvalue weighted by Gasteiger charge is -2.15. The summed E-state index contributed by atoms with van der Waals surface area (Å²) in [4.78, 5) is 0. The molecule has 0 bridgehead atoms. The van der Waals surface area contributed by atoms with Crippen molar-refractivity contribution in [3.05, 3.63) is 34.9 Å². The maximum absolute atomic E-state index is 5.57. The zero-order valence-electron chi connectivity index (χ0n) is 12.4. The molecule has 1 unspecified atom stereocenters. The topological polar surface area (TPSA) is 21.3 Å². The van der Waals surface area contributed by atoms with Crippen LogP contribution < -0.4 is 5.32 Å². The molecule has 1 atom stereocenters. The van der Waals surface area contributed by atoms with Gasteiger partial charge in [0.2, 0.25) is 0 Å². The molecule has 0 spiro atoms. The van der Waals surface area contributed by atoms with Crippen molar-refractivity contribution in [2.75, 3.05) is 19.8 Å². The molecule has 0 saturated carbocycles. The lowest BCUT2D eigenvalue weighted by atomic mass is 10.0. The number of aryl methyl sites for hydroxylation is 2. The number of ether oxygens (including phenoxy) is 1. The van der Waals surface area contributed by atoms with Crippen molar-refractivity contribution in [3.63, 3.8) is 0 Å². The highest BCUT2D eigenvalue weighted by atomic mass is 16.5. The van der Waals surface area contributed by atoms with Crippen molar-refractivity contribution in [2.24, 2.45) is 0 Å². The molecule has 1 aliphatic carbocycles. The summed E-state index contributed by atoms with van der Waals surface area (Å²) < 4.78 is 5.57. The van der Waals surface area contributed by atoms with Gasteiger partial charge in [-0.15, -0.1) is 0 Å². The summed E-state index contributed by atoms with van der Waals surface area (Å²) >= 11 is 0. The van der Waals surface area contributed by atoms with Gasteiger partial charge in [-0.3, -0.25) is 0 Å². The van der Waals surface area contributed by atoms with Gasteiger partial charge >= 0.3 is 0 Å². The van der Waals surface area contributed by atoms with Crippen LogP contribution in [-0.4, -0.2) is 19.8 Å². The van der Waals surface area contributed by atoms with E-state index in [-0.39, 0.29) is 0 Å². The standard InChI is InChI=1S/C17H27NO/c1-3-4-11-19-12-10-18-14(2)16-9-8-15-6-5-7-17(15)13-16/h8-9,13-14,18H,3-7,10-12H2,1-2H3. The third-order valence-corrected chi connectivity index (χ3v) is 3.96. The van der Waals surface area contributed by atoms with Gasteiger partial charge in [0.25, 0.3) is 0 Å². The van der Waals surface area contributed by atoms with Crippen LogP contribution in [0.15, 0.2) is 18.2 Å². The van der Waals surface area contributed by atoms with E-state index in [0.29, 0.717) is 6.04 Å². The highest BCUT2D eigenvalue weighted by molar-refractivity contribution is 5.36. The zero-order valence-corrected chi connectivity index (χ0v) is 12.4. The molecule has 0 aromatic heterocycles. The Morgan fingerprint density at radius 3 is 2.89 bits per heavy atom. The zero-order chi connectivity index (χ0) is 13.5. The quantitative estimate of drug-likeness (QED) is 0.721.